The van der Waals surface area contributed by atoms with Gasteiger partial charge in [0.05, 0.1) is 41.3 Å². The normalized spacial score (nSPS) is 13.8. The van der Waals surface area contributed by atoms with E-state index in [0.717, 1.165) is 60.5 Å². The average molecular weight is 896 g/mol. The Morgan fingerprint density at radius 3 is 1.77 bits per heavy atom. The van der Waals surface area contributed by atoms with Gasteiger partial charge < -0.3 is 23.5 Å². The Hall–Kier alpha value is -5.70. The van der Waals surface area contributed by atoms with Crippen LogP contribution in [0.1, 0.15) is 65.2 Å². The molecule has 1 fully saturated rings. The van der Waals surface area contributed by atoms with Crippen LogP contribution in [0, 0.1) is 0 Å². The number of hydrogen-bond donors (Lipinski definition) is 1. The maximum absolute atomic E-state index is 13.7. The summed E-state index contributed by atoms with van der Waals surface area (Å²) in [6.07, 6.45) is 4.92. The van der Waals surface area contributed by atoms with Gasteiger partial charge in [0.2, 0.25) is 0 Å². The Morgan fingerprint density at radius 1 is 0.641 bits per heavy atom. The Morgan fingerprint density at radius 2 is 1.17 bits per heavy atom. The number of piperidine rings is 1. The first-order valence-corrected chi connectivity index (χ1v) is 23.1. The van der Waals surface area contributed by atoms with Gasteiger partial charge in [-0.1, -0.05) is 97.9 Å². The van der Waals surface area contributed by atoms with E-state index in [9.17, 15) is 9.90 Å². The number of allylic oxidation sites excluding steroid dienone is 1. The molecule has 2 heterocycles. The summed E-state index contributed by atoms with van der Waals surface area (Å²) < 4.78 is 15.0. The van der Waals surface area contributed by atoms with Crippen LogP contribution in [0.5, 0.6) is 17.2 Å². The van der Waals surface area contributed by atoms with Gasteiger partial charge in [0, 0.05) is 26.1 Å². The van der Waals surface area contributed by atoms with Crippen LogP contribution < -0.4 is 9.47 Å². The Kier molecular flexibility index (Phi) is 16.6. The van der Waals surface area contributed by atoms with Gasteiger partial charge in [0.25, 0.3) is 0 Å². The standard InChI is InChI=1S/C29H29NO3S.C27H32NO.ClH/c1-30(17-5-2-6-18-30)19-20-33-24-15-11-21(12-16-24)28(32)27-25-7-3-4-8-26(25)34-29(27)22-9-13-23(31)14-10-22;1-5-26(22-12-8-6-9-13-22)27(23-14-10-7-11-15-23)24-16-18-25(19-17-24)29-21-20-28(2,3)4;/h3-4,7-16H,2,5-6,17-20H2,1H3;6-19H,5,20-21H2,1-4H3;1H/q;+1;/p+1/b;27-26-;. The van der Waals surface area contributed by atoms with Crippen LogP contribution in [0.4, 0.5) is 0 Å². The fourth-order valence-electron chi connectivity index (χ4n) is 8.26. The monoisotopic (exact) mass is 894 g/mol. The lowest BCUT2D eigenvalue weighted by molar-refractivity contribution is -0.914. The third kappa shape index (κ3) is 12.5. The van der Waals surface area contributed by atoms with Gasteiger partial charge in [-0.05, 0) is 126 Å². The number of thiophene rings is 1. The van der Waals surface area contributed by atoms with Crippen LogP contribution in [0.3, 0.4) is 0 Å². The first-order valence-electron chi connectivity index (χ1n) is 22.3. The van der Waals surface area contributed by atoms with Gasteiger partial charge in [-0.15, -0.1) is 23.7 Å². The molecule has 1 saturated heterocycles. The number of fused-ring (bicyclic) bond motifs is 1. The number of ether oxygens (including phenoxy) is 2. The van der Waals surface area contributed by atoms with Crippen LogP contribution >= 0.6 is 23.7 Å². The highest BCUT2D eigenvalue weighted by atomic mass is 35.5. The summed E-state index contributed by atoms with van der Waals surface area (Å²) in [7, 11) is 8.86. The van der Waals surface area contributed by atoms with Crippen molar-refractivity contribution in [1.29, 1.82) is 0 Å². The molecule has 7 aromatic rings. The molecule has 1 aliphatic rings. The molecule has 0 amide bonds. The van der Waals surface area contributed by atoms with E-state index in [1.54, 1.807) is 23.5 Å². The lowest BCUT2D eigenvalue weighted by Gasteiger charge is -2.37. The number of quaternary nitrogens is 2. The van der Waals surface area contributed by atoms with Crippen molar-refractivity contribution < 1.29 is 28.3 Å². The van der Waals surface area contributed by atoms with Crippen LogP contribution in [-0.2, 0) is 0 Å². The highest BCUT2D eigenvalue weighted by Crippen LogP contribution is 2.40. The van der Waals surface area contributed by atoms with Crippen molar-refractivity contribution in [2.24, 2.45) is 0 Å². The molecule has 0 atom stereocenters. The molecule has 0 spiro atoms. The number of ketones is 1. The molecule has 8 heteroatoms. The third-order valence-electron chi connectivity index (χ3n) is 11.9. The molecule has 1 aromatic heterocycles. The summed E-state index contributed by atoms with van der Waals surface area (Å²) in [6, 6.07) is 52.5. The predicted molar refractivity (Wildman–Crippen MR) is 270 cm³/mol. The molecule has 332 valence electrons. The van der Waals surface area contributed by atoms with E-state index in [1.165, 1.54) is 60.2 Å². The van der Waals surface area contributed by atoms with Crippen LogP contribution in [0.25, 0.3) is 31.7 Å². The molecular weight excluding hydrogens is 832 g/mol. The van der Waals surface area contributed by atoms with E-state index in [2.05, 4.69) is 120 Å². The van der Waals surface area contributed by atoms with E-state index < -0.39 is 0 Å². The van der Waals surface area contributed by atoms with E-state index in [0.29, 0.717) is 24.3 Å². The molecule has 6 aromatic carbocycles. The van der Waals surface area contributed by atoms with Crippen molar-refractivity contribution in [3.05, 3.63) is 186 Å². The second kappa shape index (κ2) is 22.3. The summed E-state index contributed by atoms with van der Waals surface area (Å²) in [4.78, 5) is 14.6. The lowest BCUT2D eigenvalue weighted by atomic mass is 9.88. The fraction of sp³-hybridized carbons (Fsp3) is 0.268. The summed E-state index contributed by atoms with van der Waals surface area (Å²) in [5.41, 5.74) is 8.66. The Balaban J connectivity index is 0.000000212. The number of rotatable bonds is 15. The number of nitrogens with zero attached hydrogens (tertiary/aromatic N) is 2. The second-order valence-electron chi connectivity index (χ2n) is 17.7. The number of halogens is 1. The number of benzene rings is 6. The maximum atomic E-state index is 13.7. The zero-order chi connectivity index (χ0) is 44.2. The smallest absolute Gasteiger partial charge is 0.195 e. The summed E-state index contributed by atoms with van der Waals surface area (Å²) >= 11 is 1.60. The van der Waals surface area contributed by atoms with E-state index >= 15 is 0 Å². The minimum atomic E-state index is -0.00143. The second-order valence-corrected chi connectivity index (χ2v) is 18.8. The number of likely N-dealkylation sites (tertiary alicyclic amines) is 1. The molecule has 0 unspecified atom stereocenters. The van der Waals surface area contributed by atoms with Crippen molar-refractivity contribution in [1.82, 2.24) is 0 Å². The molecule has 0 aliphatic carbocycles. The minimum Gasteiger partial charge on any atom is -0.508 e. The first kappa shape index (κ1) is 47.8. The van der Waals surface area contributed by atoms with Crippen LogP contribution in [0.15, 0.2) is 158 Å². The largest absolute Gasteiger partial charge is 0.508 e. The number of phenols is 1. The molecule has 6 nitrogen and oxygen atoms in total. The zero-order valence-electron chi connectivity index (χ0n) is 38.0. The fourth-order valence-corrected chi connectivity index (χ4v) is 9.46. The van der Waals surface area contributed by atoms with Crippen molar-refractivity contribution in [3.63, 3.8) is 0 Å². The van der Waals surface area contributed by atoms with E-state index in [4.69, 9.17) is 9.47 Å². The van der Waals surface area contributed by atoms with E-state index in [-0.39, 0.29) is 23.9 Å². The van der Waals surface area contributed by atoms with Crippen molar-refractivity contribution in [3.8, 4) is 27.7 Å². The lowest BCUT2D eigenvalue weighted by Crippen LogP contribution is -2.50. The first-order chi connectivity index (χ1) is 30.5. The van der Waals surface area contributed by atoms with Crippen molar-refractivity contribution >= 4 is 50.8 Å². The molecule has 8 rings (SSSR count). The van der Waals surface area contributed by atoms with Crippen molar-refractivity contribution in [2.45, 2.75) is 32.6 Å². The summed E-state index contributed by atoms with van der Waals surface area (Å²) in [5, 5.41) is 10.7. The highest BCUT2D eigenvalue weighted by molar-refractivity contribution is 7.22. The van der Waals surface area contributed by atoms with Crippen LogP contribution in [-0.4, -0.2) is 87.4 Å². The van der Waals surface area contributed by atoms with E-state index in [1.807, 2.05) is 60.7 Å². The molecule has 0 radical (unpaired) electrons. The molecule has 1 aliphatic heterocycles. The number of aromatic hydroxyl groups is 1. The SMILES string of the molecule is CC/C(=C(\c1ccccc1)c1ccc(OCC[N+](C)(C)C)cc1)c1ccccc1.C[N+]1(CCOc2ccc(C(=O)c3c(-c4ccc(O)cc4)sc4ccccc34)cc2)CCCCC1.Cl. The summed E-state index contributed by atoms with van der Waals surface area (Å²) in [5.74, 6) is 1.93. The van der Waals surface area contributed by atoms with Crippen LogP contribution in [0.2, 0.25) is 0 Å². The van der Waals surface area contributed by atoms with Gasteiger partial charge in [-0.2, -0.15) is 0 Å². The van der Waals surface area contributed by atoms with Gasteiger partial charge in [0.15, 0.2) is 5.78 Å². The molecule has 64 heavy (non-hydrogen) atoms. The molecule has 0 bridgehead atoms. The molecule has 1 N–H and O–H groups in total. The van der Waals surface area contributed by atoms with Gasteiger partial charge >= 0.3 is 0 Å². The average Bonchev–Trinajstić information content (AvgIpc) is 3.69. The number of hydrogen-bond acceptors (Lipinski definition) is 5. The number of likely N-dealkylation sites (N-methyl/N-ethyl adjacent to an activating group) is 2. The Bertz CT molecular complexity index is 2580. The number of phenolic OH excluding ortho intramolecular Hbond substituents is 1. The topological polar surface area (TPSA) is 55.8 Å². The predicted octanol–water partition coefficient (Wildman–Crippen LogP) is 13.1. The van der Waals surface area contributed by atoms with Gasteiger partial charge in [0.1, 0.15) is 43.6 Å². The van der Waals surface area contributed by atoms with Gasteiger partial charge in [-0.3, -0.25) is 4.79 Å². The molecule has 0 saturated carbocycles. The molecular formula is C56H63ClN2O4S+2. The van der Waals surface area contributed by atoms with Gasteiger partial charge in [-0.25, -0.2) is 0 Å². The van der Waals surface area contributed by atoms with Crippen molar-refractivity contribution in [2.75, 3.05) is 67.6 Å². The quantitative estimate of drug-likeness (QED) is 0.0633. The zero-order valence-corrected chi connectivity index (χ0v) is 39.6. The minimum absolute atomic E-state index is 0. The Labute approximate surface area is 390 Å². The number of carbonyl (C=O) groups is 1. The highest BCUT2D eigenvalue weighted by Gasteiger charge is 2.25. The number of carbonyl (C=O) groups excluding carboxylic acids is 1. The maximum Gasteiger partial charge on any atom is 0.195 e. The third-order valence-corrected chi connectivity index (χ3v) is 13.1. The summed E-state index contributed by atoms with van der Waals surface area (Å²) in [6.45, 7) is 8.08.